The number of rotatable bonds is 6. The first kappa shape index (κ1) is 13.9. The molecule has 0 radical (unpaired) electrons. The smallest absolute Gasteiger partial charge is 0.248 e. The summed E-state index contributed by atoms with van der Waals surface area (Å²) >= 11 is 0. The van der Waals surface area contributed by atoms with Gasteiger partial charge in [0.2, 0.25) is 11.8 Å². The standard InChI is InChI=1S/C11H21N3O3/c1-2-4-11(5-3-6-14-11)10(17)13-7-8(15)9(12)16/h8,14-15H,2-7H2,1H3,(H2,12,16)(H,13,17). The van der Waals surface area contributed by atoms with Gasteiger partial charge in [0.1, 0.15) is 6.10 Å². The molecule has 17 heavy (non-hydrogen) atoms. The molecule has 0 bridgehead atoms. The molecule has 0 aromatic heterocycles. The van der Waals surface area contributed by atoms with Crippen LogP contribution in [0.15, 0.2) is 0 Å². The summed E-state index contributed by atoms with van der Waals surface area (Å²) in [5, 5.41) is 15.0. The summed E-state index contributed by atoms with van der Waals surface area (Å²) in [5.41, 5.74) is 4.38. The Kier molecular flexibility index (Phi) is 4.89. The van der Waals surface area contributed by atoms with Crippen LogP contribution in [0.3, 0.4) is 0 Å². The molecule has 0 spiro atoms. The Balaban J connectivity index is 2.52. The molecule has 98 valence electrons. The van der Waals surface area contributed by atoms with Crippen molar-refractivity contribution in [2.24, 2.45) is 5.73 Å². The van der Waals surface area contributed by atoms with Crippen LogP contribution >= 0.6 is 0 Å². The number of carbonyl (C=O) groups is 2. The van der Waals surface area contributed by atoms with Crippen molar-refractivity contribution in [1.82, 2.24) is 10.6 Å². The van der Waals surface area contributed by atoms with Gasteiger partial charge in [0.25, 0.3) is 0 Å². The highest BCUT2D eigenvalue weighted by Gasteiger charge is 2.39. The van der Waals surface area contributed by atoms with Gasteiger partial charge in [-0.1, -0.05) is 13.3 Å². The Hall–Kier alpha value is -1.14. The lowest BCUT2D eigenvalue weighted by atomic mass is 9.91. The van der Waals surface area contributed by atoms with E-state index in [0.717, 1.165) is 32.2 Å². The van der Waals surface area contributed by atoms with Crippen molar-refractivity contribution < 1.29 is 14.7 Å². The predicted molar refractivity (Wildman–Crippen MR) is 63.1 cm³/mol. The van der Waals surface area contributed by atoms with Crippen molar-refractivity contribution in [2.45, 2.75) is 44.2 Å². The van der Waals surface area contributed by atoms with Crippen LogP contribution in [0.5, 0.6) is 0 Å². The van der Waals surface area contributed by atoms with Crippen LogP contribution in [0.4, 0.5) is 0 Å². The Morgan fingerprint density at radius 2 is 2.29 bits per heavy atom. The molecular weight excluding hydrogens is 222 g/mol. The molecule has 2 amide bonds. The van der Waals surface area contributed by atoms with E-state index in [1.165, 1.54) is 0 Å². The average Bonchev–Trinajstić information content (AvgIpc) is 2.75. The molecule has 1 heterocycles. The fraction of sp³-hybridized carbons (Fsp3) is 0.818. The highest BCUT2D eigenvalue weighted by atomic mass is 16.3. The summed E-state index contributed by atoms with van der Waals surface area (Å²) in [6, 6.07) is 0. The lowest BCUT2D eigenvalue weighted by molar-refractivity contribution is -0.129. The molecular formula is C11H21N3O3. The third-order valence-electron chi connectivity index (χ3n) is 3.14. The summed E-state index contributed by atoms with van der Waals surface area (Å²) in [6.07, 6.45) is 2.09. The third-order valence-corrected chi connectivity index (χ3v) is 3.14. The van der Waals surface area contributed by atoms with Crippen molar-refractivity contribution in [3.05, 3.63) is 0 Å². The Morgan fingerprint density at radius 1 is 1.59 bits per heavy atom. The fourth-order valence-electron chi connectivity index (χ4n) is 2.21. The van der Waals surface area contributed by atoms with E-state index in [9.17, 15) is 14.7 Å². The van der Waals surface area contributed by atoms with Gasteiger partial charge in [-0.3, -0.25) is 9.59 Å². The summed E-state index contributed by atoms with van der Waals surface area (Å²) in [5.74, 6) is -0.980. The number of amides is 2. The number of carbonyl (C=O) groups excluding carboxylic acids is 2. The van der Waals surface area contributed by atoms with Gasteiger partial charge in [0, 0.05) is 0 Å². The van der Waals surface area contributed by atoms with E-state index in [1.54, 1.807) is 0 Å². The van der Waals surface area contributed by atoms with E-state index >= 15 is 0 Å². The number of nitrogens with two attached hydrogens (primary N) is 1. The largest absolute Gasteiger partial charge is 0.381 e. The van der Waals surface area contributed by atoms with Gasteiger partial charge in [-0.25, -0.2) is 0 Å². The highest BCUT2D eigenvalue weighted by molar-refractivity contribution is 5.87. The van der Waals surface area contributed by atoms with Gasteiger partial charge in [-0.2, -0.15) is 0 Å². The zero-order valence-electron chi connectivity index (χ0n) is 10.2. The van der Waals surface area contributed by atoms with E-state index in [4.69, 9.17) is 5.73 Å². The first-order valence-corrected chi connectivity index (χ1v) is 6.02. The lowest BCUT2D eigenvalue weighted by Gasteiger charge is -2.28. The highest BCUT2D eigenvalue weighted by Crippen LogP contribution is 2.24. The molecule has 1 rings (SSSR count). The topological polar surface area (TPSA) is 104 Å². The molecule has 5 N–H and O–H groups in total. The number of primary amides is 1. The average molecular weight is 243 g/mol. The van der Waals surface area contributed by atoms with Gasteiger partial charge in [-0.15, -0.1) is 0 Å². The molecule has 0 saturated carbocycles. The number of aliphatic hydroxyl groups is 1. The van der Waals surface area contributed by atoms with Crippen molar-refractivity contribution in [3.8, 4) is 0 Å². The van der Waals surface area contributed by atoms with Crippen molar-refractivity contribution in [1.29, 1.82) is 0 Å². The minimum atomic E-state index is -1.32. The van der Waals surface area contributed by atoms with Crippen molar-refractivity contribution in [3.63, 3.8) is 0 Å². The van der Waals surface area contributed by atoms with Gasteiger partial charge < -0.3 is 21.5 Å². The van der Waals surface area contributed by atoms with Crippen LogP contribution in [-0.2, 0) is 9.59 Å². The lowest BCUT2D eigenvalue weighted by Crippen LogP contribution is -2.55. The summed E-state index contributed by atoms with van der Waals surface area (Å²) in [6.45, 7) is 2.72. The van der Waals surface area contributed by atoms with Crippen molar-refractivity contribution >= 4 is 11.8 Å². The minimum Gasteiger partial charge on any atom is -0.381 e. The molecule has 0 aliphatic carbocycles. The maximum Gasteiger partial charge on any atom is 0.248 e. The molecule has 6 heteroatoms. The number of aliphatic hydroxyl groups excluding tert-OH is 1. The monoisotopic (exact) mass is 243 g/mol. The normalized spacial score (nSPS) is 25.5. The summed E-state index contributed by atoms with van der Waals surface area (Å²) in [7, 11) is 0. The first-order valence-electron chi connectivity index (χ1n) is 6.02. The van der Waals surface area contributed by atoms with E-state index < -0.39 is 17.6 Å². The molecule has 1 aliphatic heterocycles. The van der Waals surface area contributed by atoms with Crippen molar-refractivity contribution in [2.75, 3.05) is 13.1 Å². The SMILES string of the molecule is CCCC1(C(=O)NCC(O)C(N)=O)CCCN1. The number of hydrogen-bond donors (Lipinski definition) is 4. The van der Waals surface area contributed by atoms with Crippen LogP contribution in [0.1, 0.15) is 32.6 Å². The Bertz CT molecular complexity index is 288. The van der Waals surface area contributed by atoms with Gasteiger partial charge in [0.05, 0.1) is 12.1 Å². The maximum absolute atomic E-state index is 12.0. The van der Waals surface area contributed by atoms with Gasteiger partial charge in [0.15, 0.2) is 0 Å². The van der Waals surface area contributed by atoms with Gasteiger partial charge >= 0.3 is 0 Å². The summed E-state index contributed by atoms with van der Waals surface area (Å²) in [4.78, 5) is 22.7. The van der Waals surface area contributed by atoms with Crippen LogP contribution in [0.25, 0.3) is 0 Å². The van der Waals surface area contributed by atoms with Crippen LogP contribution in [0, 0.1) is 0 Å². The second kappa shape index (κ2) is 5.97. The Labute approximate surface area is 101 Å². The number of nitrogens with one attached hydrogen (secondary N) is 2. The van der Waals surface area contributed by atoms with Crippen LogP contribution in [-0.4, -0.2) is 41.7 Å². The third kappa shape index (κ3) is 3.41. The molecule has 6 nitrogen and oxygen atoms in total. The second-order valence-corrected chi connectivity index (χ2v) is 4.49. The Morgan fingerprint density at radius 3 is 2.76 bits per heavy atom. The zero-order valence-corrected chi connectivity index (χ0v) is 10.2. The fourth-order valence-corrected chi connectivity index (χ4v) is 2.21. The van der Waals surface area contributed by atoms with E-state index in [1.807, 2.05) is 6.92 Å². The molecule has 0 aromatic rings. The number of hydrogen-bond acceptors (Lipinski definition) is 4. The molecule has 2 atom stereocenters. The van der Waals surface area contributed by atoms with E-state index in [2.05, 4.69) is 10.6 Å². The van der Waals surface area contributed by atoms with Crippen LogP contribution < -0.4 is 16.4 Å². The summed E-state index contributed by atoms with van der Waals surface area (Å²) < 4.78 is 0. The maximum atomic E-state index is 12.0. The predicted octanol–water partition coefficient (Wildman–Crippen LogP) is -1.13. The van der Waals surface area contributed by atoms with Crippen LogP contribution in [0.2, 0.25) is 0 Å². The molecule has 0 aromatic carbocycles. The first-order chi connectivity index (χ1) is 8.02. The quantitative estimate of drug-likeness (QED) is 0.474. The molecule has 2 unspecified atom stereocenters. The van der Waals surface area contributed by atoms with Gasteiger partial charge in [-0.05, 0) is 25.8 Å². The second-order valence-electron chi connectivity index (χ2n) is 4.49. The minimum absolute atomic E-state index is 0.124. The van der Waals surface area contributed by atoms with E-state index in [-0.39, 0.29) is 12.5 Å². The molecule has 1 aliphatic rings. The van der Waals surface area contributed by atoms with E-state index in [0.29, 0.717) is 0 Å². The molecule has 1 fully saturated rings. The zero-order chi connectivity index (χ0) is 12.9. The molecule has 1 saturated heterocycles.